The predicted molar refractivity (Wildman–Crippen MR) is 75.8 cm³/mol. The Kier molecular flexibility index (Phi) is 2.94. The fraction of sp³-hybridized carbons (Fsp3) is 0.118. The van der Waals surface area contributed by atoms with Crippen molar-refractivity contribution in [1.29, 1.82) is 0 Å². The summed E-state index contributed by atoms with van der Waals surface area (Å²) in [5, 5.41) is 9.06. The van der Waals surface area contributed by atoms with Crippen molar-refractivity contribution in [1.82, 2.24) is 0 Å². The van der Waals surface area contributed by atoms with Gasteiger partial charge in [-0.05, 0) is 24.6 Å². The third kappa shape index (κ3) is 1.96. The van der Waals surface area contributed by atoms with Crippen LogP contribution >= 0.6 is 0 Å². The lowest BCUT2D eigenvalue weighted by Crippen LogP contribution is -2.21. The van der Waals surface area contributed by atoms with Gasteiger partial charge in [-0.15, -0.1) is 0 Å². The quantitative estimate of drug-likeness (QED) is 0.783. The van der Waals surface area contributed by atoms with Crippen LogP contribution in [0.1, 0.15) is 50.2 Å². The number of carboxylic acids is 1. The molecule has 0 saturated carbocycles. The highest BCUT2D eigenvalue weighted by molar-refractivity contribution is 6.28. The van der Waals surface area contributed by atoms with Crippen molar-refractivity contribution in [3.05, 3.63) is 70.3 Å². The Morgan fingerprint density at radius 1 is 0.905 bits per heavy atom. The molecule has 0 radical (unpaired) electrons. The molecule has 1 aliphatic rings. The maximum absolute atomic E-state index is 12.5. The second-order valence-electron chi connectivity index (χ2n) is 5.07. The number of fused-ring (bicyclic) bond motifs is 2. The summed E-state index contributed by atoms with van der Waals surface area (Å²) in [6, 6.07) is 11.3. The number of rotatable bonds is 2. The van der Waals surface area contributed by atoms with Gasteiger partial charge in [0.15, 0.2) is 11.6 Å². The van der Waals surface area contributed by atoms with Gasteiger partial charge in [0, 0.05) is 22.3 Å². The van der Waals surface area contributed by atoms with E-state index in [0.717, 1.165) is 0 Å². The number of carbonyl (C=O) groups is 3. The molecule has 1 N–H and O–H groups in total. The van der Waals surface area contributed by atoms with Gasteiger partial charge in [0.05, 0.1) is 5.92 Å². The van der Waals surface area contributed by atoms with Crippen LogP contribution in [0.2, 0.25) is 0 Å². The van der Waals surface area contributed by atoms with Crippen LogP contribution in [-0.2, 0) is 4.79 Å². The molecule has 0 saturated heterocycles. The molecule has 0 heterocycles. The molecule has 2 aromatic rings. The second-order valence-corrected chi connectivity index (χ2v) is 5.07. The van der Waals surface area contributed by atoms with E-state index in [0.29, 0.717) is 22.3 Å². The highest BCUT2D eigenvalue weighted by Gasteiger charge is 2.30. The lowest BCUT2D eigenvalue weighted by Gasteiger charge is -2.18. The zero-order chi connectivity index (χ0) is 15.1. The average Bonchev–Trinajstić information content (AvgIpc) is 2.51. The molecule has 0 bridgehead atoms. The minimum absolute atomic E-state index is 0.199. The van der Waals surface area contributed by atoms with E-state index in [9.17, 15) is 14.4 Å². The molecule has 3 rings (SSSR count). The summed E-state index contributed by atoms with van der Waals surface area (Å²) in [6.45, 7) is 1.55. The van der Waals surface area contributed by atoms with E-state index in [1.54, 1.807) is 43.3 Å². The fourth-order valence-corrected chi connectivity index (χ4v) is 2.53. The van der Waals surface area contributed by atoms with Crippen LogP contribution in [0.25, 0.3) is 0 Å². The first-order valence-corrected chi connectivity index (χ1v) is 6.56. The van der Waals surface area contributed by atoms with Crippen molar-refractivity contribution in [3.8, 4) is 0 Å². The highest BCUT2D eigenvalue weighted by atomic mass is 16.4. The van der Waals surface area contributed by atoms with Crippen molar-refractivity contribution in [2.75, 3.05) is 0 Å². The van der Waals surface area contributed by atoms with E-state index >= 15 is 0 Å². The number of benzene rings is 2. The third-order valence-electron chi connectivity index (χ3n) is 3.82. The first-order valence-electron chi connectivity index (χ1n) is 6.56. The Bertz CT molecular complexity index is 789. The van der Waals surface area contributed by atoms with Crippen molar-refractivity contribution in [2.45, 2.75) is 12.8 Å². The van der Waals surface area contributed by atoms with Crippen molar-refractivity contribution in [3.63, 3.8) is 0 Å². The van der Waals surface area contributed by atoms with Crippen LogP contribution in [0.4, 0.5) is 0 Å². The summed E-state index contributed by atoms with van der Waals surface area (Å²) in [5.41, 5.74) is 1.90. The van der Waals surface area contributed by atoms with Crippen LogP contribution in [0, 0.1) is 0 Å². The molecular weight excluding hydrogens is 268 g/mol. The Labute approximate surface area is 121 Å². The summed E-state index contributed by atoms with van der Waals surface area (Å²) in [5.74, 6) is -2.13. The summed E-state index contributed by atoms with van der Waals surface area (Å²) in [7, 11) is 0. The molecule has 1 unspecified atom stereocenters. The molecule has 4 nitrogen and oxygen atoms in total. The van der Waals surface area contributed by atoms with Gasteiger partial charge in [0.1, 0.15) is 0 Å². The molecule has 21 heavy (non-hydrogen) atoms. The largest absolute Gasteiger partial charge is 0.481 e. The van der Waals surface area contributed by atoms with E-state index in [4.69, 9.17) is 5.11 Å². The number of hydrogen-bond acceptors (Lipinski definition) is 3. The minimum Gasteiger partial charge on any atom is -0.481 e. The van der Waals surface area contributed by atoms with E-state index in [2.05, 4.69) is 0 Å². The Morgan fingerprint density at radius 2 is 1.43 bits per heavy atom. The smallest absolute Gasteiger partial charge is 0.310 e. The zero-order valence-electron chi connectivity index (χ0n) is 11.3. The van der Waals surface area contributed by atoms with Crippen LogP contribution in [0.3, 0.4) is 0 Å². The monoisotopic (exact) mass is 280 g/mol. The van der Waals surface area contributed by atoms with Gasteiger partial charge in [-0.2, -0.15) is 0 Å². The van der Waals surface area contributed by atoms with Gasteiger partial charge >= 0.3 is 5.97 Å². The van der Waals surface area contributed by atoms with Gasteiger partial charge in [0.25, 0.3) is 0 Å². The van der Waals surface area contributed by atoms with Crippen molar-refractivity contribution >= 4 is 17.5 Å². The van der Waals surface area contributed by atoms with Crippen LogP contribution < -0.4 is 0 Å². The molecule has 104 valence electrons. The molecule has 0 fully saturated rings. The van der Waals surface area contributed by atoms with Gasteiger partial charge in [-0.1, -0.05) is 30.3 Å². The van der Waals surface area contributed by atoms with Gasteiger partial charge in [0.2, 0.25) is 0 Å². The number of carboxylic acid groups (broad SMARTS) is 1. The highest BCUT2D eigenvalue weighted by Crippen LogP contribution is 2.29. The van der Waals surface area contributed by atoms with Crippen molar-refractivity contribution in [2.24, 2.45) is 0 Å². The molecule has 0 amide bonds. The minimum atomic E-state index is -0.968. The van der Waals surface area contributed by atoms with E-state index < -0.39 is 11.9 Å². The van der Waals surface area contributed by atoms with Crippen LogP contribution in [0.15, 0.2) is 42.5 Å². The molecule has 0 aliphatic heterocycles. The maximum Gasteiger partial charge on any atom is 0.310 e. The summed E-state index contributed by atoms with van der Waals surface area (Å²) in [6.07, 6.45) is 0. The summed E-state index contributed by atoms with van der Waals surface area (Å²) >= 11 is 0. The van der Waals surface area contributed by atoms with E-state index in [-0.39, 0.29) is 17.1 Å². The summed E-state index contributed by atoms with van der Waals surface area (Å²) < 4.78 is 0. The number of aliphatic carboxylic acids is 1. The normalized spacial score (nSPS) is 14.3. The Morgan fingerprint density at radius 3 is 2.00 bits per heavy atom. The van der Waals surface area contributed by atoms with E-state index in [1.807, 2.05) is 0 Å². The zero-order valence-corrected chi connectivity index (χ0v) is 11.3. The third-order valence-corrected chi connectivity index (χ3v) is 3.82. The fourth-order valence-electron chi connectivity index (χ4n) is 2.53. The molecule has 1 aliphatic carbocycles. The van der Waals surface area contributed by atoms with Gasteiger partial charge < -0.3 is 5.11 Å². The molecule has 2 aromatic carbocycles. The van der Waals surface area contributed by atoms with Crippen LogP contribution in [-0.4, -0.2) is 22.6 Å². The van der Waals surface area contributed by atoms with Crippen LogP contribution in [0.5, 0.6) is 0 Å². The summed E-state index contributed by atoms with van der Waals surface area (Å²) in [4.78, 5) is 36.0. The molecule has 1 atom stereocenters. The lowest BCUT2D eigenvalue weighted by atomic mass is 9.82. The standard InChI is InChI=1S/C17H12O4/c1-9(17(20)21)10-6-7-13-14(8-10)16(19)12-5-3-2-4-11(12)15(13)18/h2-9H,1H3,(H,20,21). The Balaban J connectivity index is 2.17. The maximum atomic E-state index is 12.5. The SMILES string of the molecule is CC(C(=O)O)c1ccc2c(c1)C(=O)c1ccccc1C2=O. The second kappa shape index (κ2) is 4.66. The van der Waals surface area contributed by atoms with E-state index in [1.165, 1.54) is 6.07 Å². The van der Waals surface area contributed by atoms with Gasteiger partial charge in [-0.25, -0.2) is 0 Å². The van der Waals surface area contributed by atoms with Crippen molar-refractivity contribution < 1.29 is 19.5 Å². The number of carbonyl (C=O) groups excluding carboxylic acids is 2. The first-order chi connectivity index (χ1) is 10.0. The predicted octanol–water partition coefficient (Wildman–Crippen LogP) is 2.65. The average molecular weight is 280 g/mol. The number of hydrogen-bond donors (Lipinski definition) is 1. The first kappa shape index (κ1) is 13.2. The number of ketones is 2. The molecule has 0 spiro atoms. The topological polar surface area (TPSA) is 71.4 Å². The molecule has 0 aromatic heterocycles. The Hall–Kier alpha value is -2.75. The molecule has 4 heteroatoms. The molecular formula is C17H12O4. The van der Waals surface area contributed by atoms with Gasteiger partial charge in [-0.3, -0.25) is 14.4 Å². The lowest BCUT2D eigenvalue weighted by molar-refractivity contribution is -0.138.